The van der Waals surface area contributed by atoms with Crippen molar-refractivity contribution in [1.82, 2.24) is 10.2 Å². The summed E-state index contributed by atoms with van der Waals surface area (Å²) in [5, 5.41) is 3.27. The van der Waals surface area contributed by atoms with Crippen LogP contribution in [-0.4, -0.2) is 24.5 Å². The topological polar surface area (TPSA) is 28.4 Å². The van der Waals surface area contributed by atoms with Gasteiger partial charge in [0.25, 0.3) is 0 Å². The zero-order valence-corrected chi connectivity index (χ0v) is 12.7. The summed E-state index contributed by atoms with van der Waals surface area (Å²) in [5.41, 5.74) is 0.286. The Bertz CT molecular complexity index is 352. The van der Waals surface area contributed by atoms with Gasteiger partial charge >= 0.3 is 0 Å². The Morgan fingerprint density at radius 1 is 1.28 bits per heavy atom. The quantitative estimate of drug-likeness (QED) is 0.842. The predicted molar refractivity (Wildman–Crippen MR) is 76.5 cm³/mol. The summed E-state index contributed by atoms with van der Waals surface area (Å²) in [4.78, 5) is 2.34. The largest absolute Gasteiger partial charge is 0.463 e. The molecule has 0 radical (unpaired) electrons. The third-order valence-corrected chi connectivity index (χ3v) is 3.59. The zero-order valence-electron chi connectivity index (χ0n) is 12.7. The molecular weight excluding hydrogens is 224 g/mol. The average molecular weight is 252 g/mol. The lowest BCUT2D eigenvalue weighted by atomic mass is 9.87. The molecule has 0 fully saturated rings. The summed E-state index contributed by atoms with van der Waals surface area (Å²) >= 11 is 0. The maximum atomic E-state index is 5.82. The Kier molecular flexibility index (Phi) is 5.42. The normalized spacial score (nSPS) is 14.2. The maximum Gasteiger partial charge on any atom is 0.118 e. The van der Waals surface area contributed by atoms with E-state index in [4.69, 9.17) is 4.42 Å². The van der Waals surface area contributed by atoms with Gasteiger partial charge in [0.2, 0.25) is 0 Å². The van der Waals surface area contributed by atoms with Gasteiger partial charge in [0, 0.05) is 6.04 Å². The lowest BCUT2D eigenvalue weighted by Gasteiger charge is -2.34. The van der Waals surface area contributed by atoms with Gasteiger partial charge in [0.05, 0.1) is 13.1 Å². The van der Waals surface area contributed by atoms with E-state index in [1.165, 1.54) is 0 Å². The summed E-state index contributed by atoms with van der Waals surface area (Å²) in [6.45, 7) is 13.8. The Labute approximate surface area is 112 Å². The van der Waals surface area contributed by atoms with Crippen LogP contribution in [0.5, 0.6) is 0 Å². The molecule has 18 heavy (non-hydrogen) atoms. The highest BCUT2D eigenvalue weighted by atomic mass is 16.3. The molecule has 1 aromatic rings. The first-order valence-corrected chi connectivity index (χ1v) is 6.83. The molecule has 104 valence electrons. The highest BCUT2D eigenvalue weighted by molar-refractivity contribution is 5.07. The van der Waals surface area contributed by atoms with Crippen LogP contribution in [-0.2, 0) is 13.1 Å². The fraction of sp³-hybridized carbons (Fsp3) is 0.733. The van der Waals surface area contributed by atoms with E-state index in [9.17, 15) is 0 Å². The zero-order chi connectivity index (χ0) is 13.8. The molecule has 0 aliphatic rings. The number of nitrogens with one attached hydrogen (secondary N) is 1. The van der Waals surface area contributed by atoms with Crippen molar-refractivity contribution in [2.75, 3.05) is 13.6 Å². The second-order valence-electron chi connectivity index (χ2n) is 6.11. The highest BCUT2D eigenvalue weighted by Gasteiger charge is 2.24. The van der Waals surface area contributed by atoms with Crippen LogP contribution in [0.3, 0.4) is 0 Å². The van der Waals surface area contributed by atoms with E-state index in [-0.39, 0.29) is 5.41 Å². The fourth-order valence-corrected chi connectivity index (χ4v) is 1.89. The minimum atomic E-state index is 0.286. The van der Waals surface area contributed by atoms with Crippen LogP contribution in [0.4, 0.5) is 0 Å². The lowest BCUT2D eigenvalue weighted by molar-refractivity contribution is 0.126. The van der Waals surface area contributed by atoms with Crippen LogP contribution >= 0.6 is 0 Å². The van der Waals surface area contributed by atoms with E-state index in [1.54, 1.807) is 0 Å². The van der Waals surface area contributed by atoms with E-state index < -0.39 is 0 Å². The molecule has 1 N–H and O–H groups in total. The van der Waals surface area contributed by atoms with Crippen molar-refractivity contribution in [1.29, 1.82) is 0 Å². The first-order chi connectivity index (χ1) is 8.34. The van der Waals surface area contributed by atoms with Gasteiger partial charge in [0.1, 0.15) is 11.5 Å². The van der Waals surface area contributed by atoms with Crippen molar-refractivity contribution < 1.29 is 4.42 Å². The first kappa shape index (κ1) is 15.3. The monoisotopic (exact) mass is 252 g/mol. The van der Waals surface area contributed by atoms with Crippen LogP contribution in [0.15, 0.2) is 16.5 Å². The molecule has 0 saturated carbocycles. The first-order valence-electron chi connectivity index (χ1n) is 6.83. The molecule has 1 heterocycles. The van der Waals surface area contributed by atoms with Crippen molar-refractivity contribution >= 4 is 0 Å². The molecule has 0 aliphatic carbocycles. The molecule has 1 rings (SSSR count). The molecule has 1 unspecified atom stereocenters. The van der Waals surface area contributed by atoms with Gasteiger partial charge in [-0.3, -0.25) is 4.90 Å². The molecule has 1 atom stereocenters. The van der Waals surface area contributed by atoms with Gasteiger partial charge < -0.3 is 9.73 Å². The van der Waals surface area contributed by atoms with E-state index >= 15 is 0 Å². The van der Waals surface area contributed by atoms with Crippen molar-refractivity contribution in [2.24, 2.45) is 5.41 Å². The van der Waals surface area contributed by atoms with Crippen molar-refractivity contribution in [2.45, 2.75) is 53.8 Å². The summed E-state index contributed by atoms with van der Waals surface area (Å²) in [7, 11) is 2.16. The fourth-order valence-electron chi connectivity index (χ4n) is 1.89. The smallest absolute Gasteiger partial charge is 0.118 e. The number of furan rings is 1. The number of hydrogen-bond donors (Lipinski definition) is 1. The van der Waals surface area contributed by atoms with Crippen molar-refractivity contribution in [3.8, 4) is 0 Å². The van der Waals surface area contributed by atoms with Gasteiger partial charge in [-0.25, -0.2) is 0 Å². The molecular formula is C15H28N2O. The Balaban J connectivity index is 2.54. The summed E-state index contributed by atoms with van der Waals surface area (Å²) in [6, 6.07) is 4.66. The second-order valence-corrected chi connectivity index (χ2v) is 6.11. The summed E-state index contributed by atoms with van der Waals surface area (Å²) in [5.74, 6) is 2.06. The van der Waals surface area contributed by atoms with Gasteiger partial charge in [-0.1, -0.05) is 27.7 Å². The van der Waals surface area contributed by atoms with Crippen LogP contribution in [0.1, 0.15) is 46.1 Å². The molecule has 0 aromatic carbocycles. The standard InChI is InChI=1S/C15H28N2O/c1-7-16-10-13-8-9-14(18-13)11-17(6)12(2)15(3,4)5/h8-9,12,16H,7,10-11H2,1-6H3. The molecule has 0 aliphatic heterocycles. The number of nitrogens with zero attached hydrogens (tertiary/aromatic N) is 1. The third kappa shape index (κ3) is 4.46. The van der Waals surface area contributed by atoms with E-state index in [1.807, 2.05) is 0 Å². The summed E-state index contributed by atoms with van der Waals surface area (Å²) < 4.78 is 5.82. The molecule has 3 heteroatoms. The highest BCUT2D eigenvalue weighted by Crippen LogP contribution is 2.24. The molecule has 0 amide bonds. The Hall–Kier alpha value is -0.800. The lowest BCUT2D eigenvalue weighted by Crippen LogP contribution is -2.38. The average Bonchev–Trinajstić information content (AvgIpc) is 2.71. The second kappa shape index (κ2) is 6.39. The van der Waals surface area contributed by atoms with Crippen LogP contribution in [0, 0.1) is 5.41 Å². The molecule has 0 saturated heterocycles. The minimum Gasteiger partial charge on any atom is -0.463 e. The number of hydrogen-bond acceptors (Lipinski definition) is 3. The maximum absolute atomic E-state index is 5.82. The van der Waals surface area contributed by atoms with Gasteiger partial charge in [-0.05, 0) is 38.1 Å². The van der Waals surface area contributed by atoms with E-state index in [0.29, 0.717) is 6.04 Å². The van der Waals surface area contributed by atoms with Crippen molar-refractivity contribution in [3.63, 3.8) is 0 Å². The van der Waals surface area contributed by atoms with Crippen molar-refractivity contribution in [3.05, 3.63) is 23.7 Å². The molecule has 0 bridgehead atoms. The van der Waals surface area contributed by atoms with E-state index in [2.05, 4.69) is 64.0 Å². The molecule has 1 aromatic heterocycles. The number of rotatable bonds is 6. The van der Waals surface area contributed by atoms with Crippen LogP contribution in [0.2, 0.25) is 0 Å². The van der Waals surface area contributed by atoms with Gasteiger partial charge in [0.15, 0.2) is 0 Å². The van der Waals surface area contributed by atoms with Crippen LogP contribution < -0.4 is 5.32 Å². The third-order valence-electron chi connectivity index (χ3n) is 3.59. The predicted octanol–water partition coefficient (Wildman–Crippen LogP) is 3.26. The molecule has 3 nitrogen and oxygen atoms in total. The minimum absolute atomic E-state index is 0.286. The molecule has 0 spiro atoms. The van der Waals surface area contributed by atoms with Crippen LogP contribution in [0.25, 0.3) is 0 Å². The Morgan fingerprint density at radius 2 is 1.89 bits per heavy atom. The van der Waals surface area contributed by atoms with E-state index in [0.717, 1.165) is 31.2 Å². The Morgan fingerprint density at radius 3 is 2.44 bits per heavy atom. The SMILES string of the molecule is CCNCc1ccc(CN(C)C(C)C(C)(C)C)o1. The van der Waals surface area contributed by atoms with Gasteiger partial charge in [-0.15, -0.1) is 0 Å². The summed E-state index contributed by atoms with van der Waals surface area (Å²) in [6.07, 6.45) is 0. The van der Waals surface area contributed by atoms with Gasteiger partial charge in [-0.2, -0.15) is 0 Å².